The van der Waals surface area contributed by atoms with Crippen molar-refractivity contribution in [3.05, 3.63) is 41.6 Å². The number of nitrogens with one attached hydrogen (secondary N) is 2. The van der Waals surface area contributed by atoms with Gasteiger partial charge < -0.3 is 15.2 Å². The number of hydrogen-bond donors (Lipinski definition) is 3. The molecule has 3 N–H and O–H groups in total. The summed E-state index contributed by atoms with van der Waals surface area (Å²) in [6, 6.07) is 6.73. The lowest BCUT2D eigenvalue weighted by Gasteiger charge is -2.08. The molecule has 0 radical (unpaired) electrons. The Morgan fingerprint density at radius 2 is 2.12 bits per heavy atom. The zero-order chi connectivity index (χ0) is 18.9. The number of aliphatic carboxylic acids is 1. The largest absolute Gasteiger partial charge is 0.481 e. The number of carboxylic acids is 1. The third-order valence-electron chi connectivity index (χ3n) is 3.72. The third kappa shape index (κ3) is 6.21. The van der Waals surface area contributed by atoms with Gasteiger partial charge in [0.15, 0.2) is 5.82 Å². The van der Waals surface area contributed by atoms with Crippen molar-refractivity contribution in [3.8, 4) is 0 Å². The van der Waals surface area contributed by atoms with Crippen molar-refractivity contribution < 1.29 is 19.4 Å². The maximum Gasteiger partial charge on any atom is 0.324 e. The average Bonchev–Trinajstić information content (AvgIpc) is 2.93. The summed E-state index contributed by atoms with van der Waals surface area (Å²) in [6.07, 6.45) is 3.18. The first-order chi connectivity index (χ1) is 12.5. The van der Waals surface area contributed by atoms with Gasteiger partial charge in [0.1, 0.15) is 0 Å². The van der Waals surface area contributed by atoms with E-state index in [1.165, 1.54) is 0 Å². The minimum Gasteiger partial charge on any atom is -0.481 e. The average molecular weight is 360 g/mol. The van der Waals surface area contributed by atoms with E-state index in [9.17, 15) is 9.59 Å². The van der Waals surface area contributed by atoms with Crippen molar-refractivity contribution in [1.82, 2.24) is 9.78 Å². The number of aromatic nitrogens is 2. The van der Waals surface area contributed by atoms with Gasteiger partial charge in [-0.3, -0.25) is 14.8 Å². The molecule has 2 aromatic rings. The molecule has 1 heterocycles. The highest BCUT2D eigenvalue weighted by atomic mass is 16.5. The van der Waals surface area contributed by atoms with Crippen molar-refractivity contribution in [1.29, 1.82) is 0 Å². The Bertz CT molecular complexity index is 757. The number of rotatable bonds is 9. The highest BCUT2D eigenvalue weighted by Crippen LogP contribution is 2.15. The van der Waals surface area contributed by atoms with Crippen LogP contribution in [-0.2, 0) is 22.5 Å². The molecule has 2 amide bonds. The fourth-order valence-electron chi connectivity index (χ4n) is 2.46. The van der Waals surface area contributed by atoms with E-state index in [2.05, 4.69) is 15.7 Å². The molecule has 0 saturated heterocycles. The van der Waals surface area contributed by atoms with Crippen LogP contribution in [0.2, 0.25) is 0 Å². The minimum absolute atomic E-state index is 0.0509. The van der Waals surface area contributed by atoms with E-state index in [1.54, 1.807) is 30.0 Å². The minimum atomic E-state index is -0.849. The van der Waals surface area contributed by atoms with E-state index in [-0.39, 0.29) is 6.42 Å². The van der Waals surface area contributed by atoms with E-state index in [1.807, 2.05) is 19.2 Å². The summed E-state index contributed by atoms with van der Waals surface area (Å²) in [6.45, 7) is 3.24. The molecular weight excluding hydrogens is 336 g/mol. The number of nitrogens with zero attached hydrogens (tertiary/aromatic N) is 2. The standard InChI is InChI=1S/C18H24N4O4/c1-13-12-22(9-4-10-26-2)21-17(13)20-18(25)19-15-6-3-5-14(11-15)7-8-16(23)24/h3,5-6,11-12H,4,7-10H2,1-2H3,(H,23,24)(H2,19,20,21,25). The van der Waals surface area contributed by atoms with Crippen LogP contribution in [0.3, 0.4) is 0 Å². The van der Waals surface area contributed by atoms with Gasteiger partial charge in [0.25, 0.3) is 0 Å². The predicted octanol–water partition coefficient (Wildman–Crippen LogP) is 2.89. The molecule has 1 aromatic heterocycles. The highest BCUT2D eigenvalue weighted by Gasteiger charge is 2.10. The van der Waals surface area contributed by atoms with Crippen LogP contribution in [0.25, 0.3) is 0 Å². The topological polar surface area (TPSA) is 105 Å². The Morgan fingerprint density at radius 3 is 2.85 bits per heavy atom. The number of anilines is 2. The molecule has 0 aliphatic carbocycles. The quantitative estimate of drug-likeness (QED) is 0.596. The van der Waals surface area contributed by atoms with E-state index in [4.69, 9.17) is 9.84 Å². The number of benzene rings is 1. The van der Waals surface area contributed by atoms with Crippen molar-refractivity contribution >= 4 is 23.5 Å². The number of methoxy groups -OCH3 is 1. The van der Waals surface area contributed by atoms with Crippen LogP contribution < -0.4 is 10.6 Å². The van der Waals surface area contributed by atoms with Crippen LogP contribution in [-0.4, -0.2) is 40.6 Å². The van der Waals surface area contributed by atoms with Gasteiger partial charge in [0, 0.05) is 44.1 Å². The number of hydrogen-bond acceptors (Lipinski definition) is 4. The van der Waals surface area contributed by atoms with Crippen LogP contribution in [0.15, 0.2) is 30.5 Å². The molecule has 0 aliphatic heterocycles. The zero-order valence-corrected chi connectivity index (χ0v) is 15.0. The molecule has 2 rings (SSSR count). The molecule has 0 bridgehead atoms. The van der Waals surface area contributed by atoms with Crippen molar-refractivity contribution in [2.24, 2.45) is 0 Å². The molecule has 0 atom stereocenters. The summed E-state index contributed by atoms with van der Waals surface area (Å²) >= 11 is 0. The first-order valence-corrected chi connectivity index (χ1v) is 8.39. The van der Waals surface area contributed by atoms with Crippen LogP contribution in [0, 0.1) is 6.92 Å². The summed E-state index contributed by atoms with van der Waals surface area (Å²) in [5.74, 6) is -0.348. The monoisotopic (exact) mass is 360 g/mol. The molecule has 0 aliphatic rings. The number of carboxylic acid groups (broad SMARTS) is 1. The summed E-state index contributed by atoms with van der Waals surface area (Å²) < 4.78 is 6.79. The zero-order valence-electron chi connectivity index (χ0n) is 15.0. The molecule has 8 nitrogen and oxygen atoms in total. The molecule has 0 fully saturated rings. The maximum atomic E-state index is 12.2. The van der Waals surface area contributed by atoms with Crippen LogP contribution in [0.1, 0.15) is 24.0 Å². The van der Waals surface area contributed by atoms with E-state index < -0.39 is 12.0 Å². The Balaban J connectivity index is 1.92. The van der Waals surface area contributed by atoms with Crippen LogP contribution in [0.5, 0.6) is 0 Å². The van der Waals surface area contributed by atoms with E-state index >= 15 is 0 Å². The smallest absolute Gasteiger partial charge is 0.324 e. The number of aryl methyl sites for hydroxylation is 3. The van der Waals surface area contributed by atoms with Gasteiger partial charge in [0.2, 0.25) is 0 Å². The molecule has 0 saturated carbocycles. The summed E-state index contributed by atoms with van der Waals surface area (Å²) in [7, 11) is 1.66. The fourth-order valence-corrected chi connectivity index (χ4v) is 2.46. The number of carbonyl (C=O) groups is 2. The second-order valence-corrected chi connectivity index (χ2v) is 5.94. The molecule has 0 spiro atoms. The lowest BCUT2D eigenvalue weighted by atomic mass is 10.1. The highest BCUT2D eigenvalue weighted by molar-refractivity contribution is 5.99. The molecule has 1 aromatic carbocycles. The van der Waals surface area contributed by atoms with Crippen molar-refractivity contribution in [2.45, 2.75) is 32.7 Å². The third-order valence-corrected chi connectivity index (χ3v) is 3.72. The van der Waals surface area contributed by atoms with Gasteiger partial charge in [-0.15, -0.1) is 0 Å². The van der Waals surface area contributed by atoms with E-state index in [0.717, 1.165) is 17.5 Å². The van der Waals surface area contributed by atoms with Crippen molar-refractivity contribution in [2.75, 3.05) is 24.4 Å². The van der Waals surface area contributed by atoms with Gasteiger partial charge >= 0.3 is 12.0 Å². The van der Waals surface area contributed by atoms with Gasteiger partial charge in [0.05, 0.1) is 0 Å². The maximum absolute atomic E-state index is 12.2. The van der Waals surface area contributed by atoms with Gasteiger partial charge in [-0.25, -0.2) is 4.79 Å². The fraction of sp³-hybridized carbons (Fsp3) is 0.389. The first-order valence-electron chi connectivity index (χ1n) is 8.39. The Morgan fingerprint density at radius 1 is 1.31 bits per heavy atom. The second kappa shape index (κ2) is 9.57. The Kier molecular flexibility index (Phi) is 7.16. The lowest BCUT2D eigenvalue weighted by molar-refractivity contribution is -0.136. The van der Waals surface area contributed by atoms with Crippen molar-refractivity contribution in [3.63, 3.8) is 0 Å². The summed E-state index contributed by atoms with van der Waals surface area (Å²) in [4.78, 5) is 22.9. The number of urea groups is 1. The van der Waals surface area contributed by atoms with Crippen LogP contribution >= 0.6 is 0 Å². The molecule has 26 heavy (non-hydrogen) atoms. The first kappa shape index (κ1) is 19.5. The van der Waals surface area contributed by atoms with Gasteiger partial charge in [-0.2, -0.15) is 5.10 Å². The van der Waals surface area contributed by atoms with Gasteiger partial charge in [-0.1, -0.05) is 12.1 Å². The number of carbonyl (C=O) groups excluding carboxylic acids is 1. The summed E-state index contributed by atoms with van der Waals surface area (Å²) in [5, 5.41) is 18.6. The lowest BCUT2D eigenvalue weighted by Crippen LogP contribution is -2.20. The normalized spacial score (nSPS) is 10.5. The Labute approximate surface area is 152 Å². The SMILES string of the molecule is COCCCn1cc(C)c(NC(=O)Nc2cccc(CCC(=O)O)c2)n1. The molecule has 8 heteroatoms. The number of ether oxygens (including phenoxy) is 1. The predicted molar refractivity (Wildman–Crippen MR) is 98.5 cm³/mol. The summed E-state index contributed by atoms with van der Waals surface area (Å²) in [5.41, 5.74) is 2.32. The number of amides is 2. The second-order valence-electron chi connectivity index (χ2n) is 5.94. The Hall–Kier alpha value is -2.87. The molecular formula is C18H24N4O4. The molecule has 0 unspecified atom stereocenters. The molecule has 140 valence electrons. The van der Waals surface area contributed by atoms with Crippen LogP contribution in [0.4, 0.5) is 16.3 Å². The van der Waals surface area contributed by atoms with Gasteiger partial charge in [-0.05, 0) is 37.5 Å². The van der Waals surface area contributed by atoms with E-state index in [0.29, 0.717) is 31.1 Å².